The van der Waals surface area contributed by atoms with Crippen molar-refractivity contribution in [2.45, 2.75) is 20.4 Å². The molecule has 3 aromatic carbocycles. The van der Waals surface area contributed by atoms with E-state index in [-0.39, 0.29) is 0 Å². The molecule has 23 heavy (non-hydrogen) atoms. The van der Waals surface area contributed by atoms with E-state index in [0.717, 1.165) is 18.0 Å². The summed E-state index contributed by atoms with van der Waals surface area (Å²) in [7, 11) is 0. The number of ether oxygens (including phenoxy) is 1. The minimum Gasteiger partial charge on any atom is -0.457 e. The van der Waals surface area contributed by atoms with Crippen molar-refractivity contribution in [1.29, 1.82) is 0 Å². The fourth-order valence-corrected chi connectivity index (χ4v) is 2.47. The molecule has 0 radical (unpaired) electrons. The number of hydrogen-bond acceptors (Lipinski definition) is 2. The number of rotatable bonds is 5. The lowest BCUT2D eigenvalue weighted by atomic mass is 10.1. The van der Waals surface area contributed by atoms with Crippen LogP contribution in [0.15, 0.2) is 72.8 Å². The standard InChI is InChI=1S/C21H21NO/c1-16-11-12-17(2)21(13-16)22-15-18-7-6-10-20(14-18)23-19-8-4-3-5-9-19/h3-14,22H,15H2,1-2H3. The first-order chi connectivity index (χ1) is 11.2. The van der Waals surface area contributed by atoms with Crippen LogP contribution in [0.1, 0.15) is 16.7 Å². The summed E-state index contributed by atoms with van der Waals surface area (Å²) in [4.78, 5) is 0. The van der Waals surface area contributed by atoms with Crippen LogP contribution in [0.3, 0.4) is 0 Å². The van der Waals surface area contributed by atoms with Crippen molar-refractivity contribution >= 4 is 5.69 Å². The summed E-state index contributed by atoms with van der Waals surface area (Å²) in [6.45, 7) is 5.01. The molecule has 0 spiro atoms. The molecule has 2 heteroatoms. The van der Waals surface area contributed by atoms with Gasteiger partial charge in [0.1, 0.15) is 11.5 Å². The van der Waals surface area contributed by atoms with Crippen molar-refractivity contribution in [2.75, 3.05) is 5.32 Å². The van der Waals surface area contributed by atoms with Crippen LogP contribution in [0.2, 0.25) is 0 Å². The highest BCUT2D eigenvalue weighted by Crippen LogP contribution is 2.23. The Morgan fingerprint density at radius 3 is 2.39 bits per heavy atom. The fraction of sp³-hybridized carbons (Fsp3) is 0.143. The lowest BCUT2D eigenvalue weighted by Gasteiger charge is -2.12. The Morgan fingerprint density at radius 2 is 1.57 bits per heavy atom. The molecule has 0 amide bonds. The quantitative estimate of drug-likeness (QED) is 0.652. The average molecular weight is 303 g/mol. The highest BCUT2D eigenvalue weighted by molar-refractivity contribution is 5.53. The molecule has 0 saturated carbocycles. The Bertz CT molecular complexity index is 781. The summed E-state index contributed by atoms with van der Waals surface area (Å²) in [6, 6.07) is 24.5. The molecular formula is C21H21NO. The first-order valence-electron chi connectivity index (χ1n) is 7.84. The summed E-state index contributed by atoms with van der Waals surface area (Å²) >= 11 is 0. The SMILES string of the molecule is Cc1ccc(C)c(NCc2cccc(Oc3ccccc3)c2)c1. The van der Waals surface area contributed by atoms with Crippen LogP contribution in [0.25, 0.3) is 0 Å². The van der Waals surface area contributed by atoms with Crippen LogP contribution in [0.5, 0.6) is 11.5 Å². The lowest BCUT2D eigenvalue weighted by Crippen LogP contribution is -2.01. The van der Waals surface area contributed by atoms with E-state index in [1.165, 1.54) is 22.4 Å². The summed E-state index contributed by atoms with van der Waals surface area (Å²) in [5.41, 5.74) is 4.89. The molecule has 0 bridgehead atoms. The number of benzene rings is 3. The van der Waals surface area contributed by atoms with E-state index in [9.17, 15) is 0 Å². The van der Waals surface area contributed by atoms with E-state index >= 15 is 0 Å². The number of nitrogens with one attached hydrogen (secondary N) is 1. The second-order valence-corrected chi connectivity index (χ2v) is 5.73. The second kappa shape index (κ2) is 7.01. The Labute approximate surface area is 137 Å². The third-order valence-corrected chi connectivity index (χ3v) is 3.75. The first kappa shape index (κ1) is 15.2. The lowest BCUT2D eigenvalue weighted by molar-refractivity contribution is 0.482. The predicted octanol–water partition coefficient (Wildman–Crippen LogP) is 5.71. The number of hydrogen-bond donors (Lipinski definition) is 1. The minimum absolute atomic E-state index is 0.774. The predicted molar refractivity (Wildman–Crippen MR) is 96.2 cm³/mol. The van der Waals surface area contributed by atoms with Gasteiger partial charge in [0.05, 0.1) is 0 Å². The maximum absolute atomic E-state index is 5.89. The Morgan fingerprint density at radius 1 is 0.783 bits per heavy atom. The van der Waals surface area contributed by atoms with Gasteiger partial charge in [-0.1, -0.05) is 42.5 Å². The molecule has 0 aromatic heterocycles. The second-order valence-electron chi connectivity index (χ2n) is 5.73. The summed E-state index contributed by atoms with van der Waals surface area (Å²) in [5.74, 6) is 1.71. The van der Waals surface area contributed by atoms with Gasteiger partial charge in [-0.3, -0.25) is 0 Å². The molecule has 3 aromatic rings. The Balaban J connectivity index is 1.69. The van der Waals surface area contributed by atoms with Crippen LogP contribution in [-0.2, 0) is 6.54 Å². The van der Waals surface area contributed by atoms with Gasteiger partial charge in [0, 0.05) is 12.2 Å². The van der Waals surface area contributed by atoms with Gasteiger partial charge in [0.25, 0.3) is 0 Å². The molecule has 1 N–H and O–H groups in total. The van der Waals surface area contributed by atoms with E-state index in [4.69, 9.17) is 4.74 Å². The fourth-order valence-electron chi connectivity index (χ4n) is 2.47. The van der Waals surface area contributed by atoms with E-state index in [2.05, 4.69) is 49.5 Å². The van der Waals surface area contributed by atoms with Gasteiger partial charge in [-0.2, -0.15) is 0 Å². The zero-order valence-corrected chi connectivity index (χ0v) is 13.5. The smallest absolute Gasteiger partial charge is 0.127 e. The summed E-state index contributed by atoms with van der Waals surface area (Å²) in [5, 5.41) is 3.51. The Hall–Kier alpha value is -2.74. The van der Waals surface area contributed by atoms with Crippen molar-refractivity contribution in [3.05, 3.63) is 89.5 Å². The highest BCUT2D eigenvalue weighted by Gasteiger charge is 2.01. The monoisotopic (exact) mass is 303 g/mol. The Kier molecular flexibility index (Phi) is 4.62. The number of para-hydroxylation sites is 1. The molecule has 0 atom stereocenters. The largest absolute Gasteiger partial charge is 0.457 e. The van der Waals surface area contributed by atoms with E-state index in [1.807, 2.05) is 42.5 Å². The van der Waals surface area contributed by atoms with Crippen LogP contribution >= 0.6 is 0 Å². The molecule has 0 aliphatic carbocycles. The molecule has 3 rings (SSSR count). The first-order valence-corrected chi connectivity index (χ1v) is 7.84. The normalized spacial score (nSPS) is 10.3. The van der Waals surface area contributed by atoms with Gasteiger partial charge in [0.2, 0.25) is 0 Å². The van der Waals surface area contributed by atoms with Crippen molar-refractivity contribution in [1.82, 2.24) is 0 Å². The summed E-state index contributed by atoms with van der Waals surface area (Å²) < 4.78 is 5.89. The maximum Gasteiger partial charge on any atom is 0.127 e. The minimum atomic E-state index is 0.774. The van der Waals surface area contributed by atoms with Gasteiger partial charge in [-0.05, 0) is 60.9 Å². The van der Waals surface area contributed by atoms with Crippen molar-refractivity contribution < 1.29 is 4.74 Å². The van der Waals surface area contributed by atoms with Crippen molar-refractivity contribution in [3.8, 4) is 11.5 Å². The third-order valence-electron chi connectivity index (χ3n) is 3.75. The van der Waals surface area contributed by atoms with E-state index in [0.29, 0.717) is 0 Å². The average Bonchev–Trinajstić information content (AvgIpc) is 2.57. The molecule has 2 nitrogen and oxygen atoms in total. The zero-order valence-electron chi connectivity index (χ0n) is 13.5. The molecule has 0 aliphatic heterocycles. The van der Waals surface area contributed by atoms with Crippen LogP contribution in [-0.4, -0.2) is 0 Å². The van der Waals surface area contributed by atoms with E-state index < -0.39 is 0 Å². The van der Waals surface area contributed by atoms with Crippen LogP contribution in [0, 0.1) is 13.8 Å². The molecule has 0 heterocycles. The topological polar surface area (TPSA) is 21.3 Å². The van der Waals surface area contributed by atoms with Crippen LogP contribution < -0.4 is 10.1 Å². The zero-order chi connectivity index (χ0) is 16.1. The maximum atomic E-state index is 5.89. The highest BCUT2D eigenvalue weighted by atomic mass is 16.5. The van der Waals surface area contributed by atoms with Crippen molar-refractivity contribution in [3.63, 3.8) is 0 Å². The van der Waals surface area contributed by atoms with Crippen LogP contribution in [0.4, 0.5) is 5.69 Å². The van der Waals surface area contributed by atoms with Gasteiger partial charge in [-0.15, -0.1) is 0 Å². The molecule has 0 unspecified atom stereocenters. The summed E-state index contributed by atoms with van der Waals surface area (Å²) in [6.07, 6.45) is 0. The molecule has 0 fully saturated rings. The number of anilines is 1. The number of aryl methyl sites for hydroxylation is 2. The third kappa shape index (κ3) is 4.13. The molecular weight excluding hydrogens is 282 g/mol. The van der Waals surface area contributed by atoms with Crippen molar-refractivity contribution in [2.24, 2.45) is 0 Å². The molecule has 116 valence electrons. The van der Waals surface area contributed by atoms with Gasteiger partial charge in [-0.25, -0.2) is 0 Å². The van der Waals surface area contributed by atoms with Gasteiger partial charge >= 0.3 is 0 Å². The molecule has 0 aliphatic rings. The van der Waals surface area contributed by atoms with E-state index in [1.54, 1.807) is 0 Å². The van der Waals surface area contributed by atoms with Gasteiger partial charge in [0.15, 0.2) is 0 Å². The molecule has 0 saturated heterocycles. The van der Waals surface area contributed by atoms with Gasteiger partial charge < -0.3 is 10.1 Å².